The van der Waals surface area contributed by atoms with Crippen LogP contribution in [-0.4, -0.2) is 45.8 Å². The quantitative estimate of drug-likeness (QED) is 0.364. The summed E-state index contributed by atoms with van der Waals surface area (Å²) in [5.41, 5.74) is 2.44. The Bertz CT molecular complexity index is 1370. The first-order valence-corrected chi connectivity index (χ1v) is 13.5. The van der Waals surface area contributed by atoms with Crippen LogP contribution in [0.3, 0.4) is 0 Å². The Morgan fingerprint density at radius 3 is 2.78 bits per heavy atom. The van der Waals surface area contributed by atoms with E-state index >= 15 is 0 Å². The second-order valence-corrected chi connectivity index (χ2v) is 11.1. The van der Waals surface area contributed by atoms with Gasteiger partial charge in [0.15, 0.2) is 0 Å². The van der Waals surface area contributed by atoms with Crippen LogP contribution >= 0.6 is 39.3 Å². The summed E-state index contributed by atoms with van der Waals surface area (Å²) < 4.78 is 8.31. The number of imide groups is 1. The number of benzene rings is 2. The molecule has 1 N–H and O–H groups in total. The SMILES string of the molecule is O=C(Cn1cc(/C=C2\SC(=O)N(Cc3ccc(Cl)cc3)C2=O)c2cc(Br)ccc21)NC[C@H]1CCCO1. The molecule has 1 atom stereocenters. The number of carbonyl (C=O) groups is 3. The minimum absolute atomic E-state index is 0.0744. The standard InChI is InChI=1S/C26H23BrClN3O4S/c27-18-5-8-22-21(11-18)17(14-30(22)15-24(32)29-12-20-2-1-9-35-20)10-23-25(33)31(26(34)36-23)13-16-3-6-19(28)7-4-16/h3-8,10-11,14,20H,1-2,9,12-13,15H2,(H,29,32)/b23-10-/t20-/m1/s1. The predicted octanol–water partition coefficient (Wildman–Crippen LogP) is 5.59. The smallest absolute Gasteiger partial charge is 0.293 e. The zero-order chi connectivity index (χ0) is 25.2. The van der Waals surface area contributed by atoms with Gasteiger partial charge in [0, 0.05) is 45.3 Å². The highest BCUT2D eigenvalue weighted by atomic mass is 79.9. The van der Waals surface area contributed by atoms with E-state index in [9.17, 15) is 14.4 Å². The second kappa shape index (κ2) is 10.8. The van der Waals surface area contributed by atoms with E-state index in [1.54, 1.807) is 30.3 Å². The number of hydrogen-bond donors (Lipinski definition) is 1. The lowest BCUT2D eigenvalue weighted by Gasteiger charge is -2.12. The van der Waals surface area contributed by atoms with E-state index in [-0.39, 0.29) is 36.2 Å². The molecule has 2 aromatic carbocycles. The predicted molar refractivity (Wildman–Crippen MR) is 145 cm³/mol. The topological polar surface area (TPSA) is 80.6 Å². The highest BCUT2D eigenvalue weighted by Crippen LogP contribution is 2.35. The maximum absolute atomic E-state index is 13.1. The molecule has 186 valence electrons. The van der Waals surface area contributed by atoms with Crippen LogP contribution in [0.5, 0.6) is 0 Å². The van der Waals surface area contributed by atoms with Crippen molar-refractivity contribution in [1.29, 1.82) is 0 Å². The van der Waals surface area contributed by atoms with E-state index in [0.717, 1.165) is 57.7 Å². The average Bonchev–Trinajstić information content (AvgIpc) is 3.55. The molecule has 0 bridgehead atoms. The molecule has 2 fully saturated rings. The van der Waals surface area contributed by atoms with E-state index in [4.69, 9.17) is 16.3 Å². The van der Waals surface area contributed by atoms with Crippen molar-refractivity contribution in [2.75, 3.05) is 13.2 Å². The van der Waals surface area contributed by atoms with Gasteiger partial charge in [-0.15, -0.1) is 0 Å². The Morgan fingerprint density at radius 2 is 2.03 bits per heavy atom. The molecule has 3 amide bonds. The van der Waals surface area contributed by atoms with Crippen molar-refractivity contribution >= 4 is 73.3 Å². The van der Waals surface area contributed by atoms with Crippen LogP contribution in [0, 0.1) is 0 Å². The molecule has 1 aromatic heterocycles. The molecule has 0 spiro atoms. The van der Waals surface area contributed by atoms with Gasteiger partial charge in [-0.2, -0.15) is 0 Å². The number of nitrogens with zero attached hydrogens (tertiary/aromatic N) is 2. The molecule has 2 aliphatic rings. The maximum atomic E-state index is 13.1. The lowest BCUT2D eigenvalue weighted by Crippen LogP contribution is -2.34. The molecule has 10 heteroatoms. The van der Waals surface area contributed by atoms with Crippen molar-refractivity contribution in [2.45, 2.75) is 32.0 Å². The lowest BCUT2D eigenvalue weighted by atomic mass is 10.1. The van der Waals surface area contributed by atoms with E-state index in [1.807, 2.05) is 29.0 Å². The zero-order valence-electron chi connectivity index (χ0n) is 19.2. The maximum Gasteiger partial charge on any atom is 0.293 e. The largest absolute Gasteiger partial charge is 0.376 e. The monoisotopic (exact) mass is 587 g/mol. The number of hydrogen-bond acceptors (Lipinski definition) is 5. The molecule has 0 aliphatic carbocycles. The first kappa shape index (κ1) is 25.1. The van der Waals surface area contributed by atoms with Crippen LogP contribution in [0.25, 0.3) is 17.0 Å². The van der Waals surface area contributed by atoms with Crippen LogP contribution < -0.4 is 5.32 Å². The molecule has 7 nitrogen and oxygen atoms in total. The summed E-state index contributed by atoms with van der Waals surface area (Å²) in [6.07, 6.45) is 5.62. The van der Waals surface area contributed by atoms with Crippen molar-refractivity contribution < 1.29 is 19.1 Å². The van der Waals surface area contributed by atoms with Crippen LogP contribution in [0.15, 0.2) is 58.0 Å². The lowest BCUT2D eigenvalue weighted by molar-refractivity contribution is -0.123. The van der Waals surface area contributed by atoms with Crippen molar-refractivity contribution in [3.63, 3.8) is 0 Å². The van der Waals surface area contributed by atoms with Crippen LogP contribution in [-0.2, 0) is 27.4 Å². The van der Waals surface area contributed by atoms with Crippen molar-refractivity contribution in [1.82, 2.24) is 14.8 Å². The summed E-state index contributed by atoms with van der Waals surface area (Å²) >= 11 is 10.4. The van der Waals surface area contributed by atoms with Gasteiger partial charge in [0.25, 0.3) is 11.1 Å². The van der Waals surface area contributed by atoms with E-state index in [1.165, 1.54) is 4.90 Å². The zero-order valence-corrected chi connectivity index (χ0v) is 22.4. The van der Waals surface area contributed by atoms with Crippen molar-refractivity contribution in [3.8, 4) is 0 Å². The van der Waals surface area contributed by atoms with Gasteiger partial charge >= 0.3 is 0 Å². The first-order chi connectivity index (χ1) is 17.4. The highest BCUT2D eigenvalue weighted by Gasteiger charge is 2.35. The summed E-state index contributed by atoms with van der Waals surface area (Å²) in [4.78, 5) is 39.9. The van der Waals surface area contributed by atoms with Crippen molar-refractivity contribution in [3.05, 3.63) is 74.2 Å². The Labute approximate surface area is 225 Å². The van der Waals surface area contributed by atoms with Gasteiger partial charge in [0.2, 0.25) is 5.91 Å². The highest BCUT2D eigenvalue weighted by molar-refractivity contribution is 9.10. The molecular formula is C26H23BrClN3O4S. The number of aromatic nitrogens is 1. The molecule has 0 unspecified atom stereocenters. The molecule has 3 aromatic rings. The molecular weight excluding hydrogens is 566 g/mol. The number of nitrogens with one attached hydrogen (secondary N) is 1. The Kier molecular flexibility index (Phi) is 7.52. The van der Waals surface area contributed by atoms with Gasteiger partial charge in [0.1, 0.15) is 6.54 Å². The first-order valence-electron chi connectivity index (χ1n) is 11.5. The van der Waals surface area contributed by atoms with Gasteiger partial charge in [-0.05, 0) is 66.6 Å². The van der Waals surface area contributed by atoms with Gasteiger partial charge in [-0.25, -0.2) is 0 Å². The summed E-state index contributed by atoms with van der Waals surface area (Å²) in [5.74, 6) is -0.453. The number of ether oxygens (including phenoxy) is 1. The van der Waals surface area contributed by atoms with Crippen LogP contribution in [0.4, 0.5) is 4.79 Å². The summed E-state index contributed by atoms with van der Waals surface area (Å²) in [5, 5.41) is 4.10. The molecule has 2 aliphatic heterocycles. The number of thioether (sulfide) groups is 1. The molecule has 36 heavy (non-hydrogen) atoms. The third-order valence-electron chi connectivity index (χ3n) is 6.15. The van der Waals surface area contributed by atoms with Gasteiger partial charge < -0.3 is 14.6 Å². The van der Waals surface area contributed by atoms with Crippen molar-refractivity contribution in [2.24, 2.45) is 0 Å². The Balaban J connectivity index is 1.37. The minimum Gasteiger partial charge on any atom is -0.376 e. The fraction of sp³-hybridized carbons (Fsp3) is 0.269. The average molecular weight is 589 g/mol. The number of halogens is 2. The van der Waals surface area contributed by atoms with Crippen LogP contribution in [0.2, 0.25) is 5.02 Å². The Morgan fingerprint density at radius 1 is 1.22 bits per heavy atom. The number of carbonyl (C=O) groups excluding carboxylic acids is 3. The molecule has 0 radical (unpaired) electrons. The Hall–Kier alpha value is -2.59. The fourth-order valence-electron chi connectivity index (χ4n) is 4.34. The number of amides is 3. The van der Waals surface area contributed by atoms with Crippen LogP contribution in [0.1, 0.15) is 24.0 Å². The van der Waals surface area contributed by atoms with E-state index < -0.39 is 0 Å². The molecule has 0 saturated carbocycles. The second-order valence-electron chi connectivity index (χ2n) is 8.71. The van der Waals surface area contributed by atoms with Gasteiger partial charge in [0.05, 0.1) is 17.6 Å². The minimum atomic E-state index is -0.342. The summed E-state index contributed by atoms with van der Waals surface area (Å²) in [7, 11) is 0. The van der Waals surface area contributed by atoms with Gasteiger partial charge in [-0.3, -0.25) is 19.3 Å². The number of fused-ring (bicyclic) bond motifs is 1. The summed E-state index contributed by atoms with van der Waals surface area (Å²) in [6.45, 7) is 1.55. The molecule has 2 saturated heterocycles. The summed E-state index contributed by atoms with van der Waals surface area (Å²) in [6, 6.07) is 12.8. The number of rotatable bonds is 7. The normalized spacial score (nSPS) is 19.1. The molecule has 5 rings (SSSR count). The third kappa shape index (κ3) is 5.54. The van der Waals surface area contributed by atoms with E-state index in [0.29, 0.717) is 16.5 Å². The fourth-order valence-corrected chi connectivity index (χ4v) is 5.65. The van der Waals surface area contributed by atoms with E-state index in [2.05, 4.69) is 21.2 Å². The third-order valence-corrected chi connectivity index (χ3v) is 7.81. The molecule has 3 heterocycles. The van der Waals surface area contributed by atoms with Gasteiger partial charge in [-0.1, -0.05) is 39.7 Å².